The Bertz CT molecular complexity index is 755. The second kappa shape index (κ2) is 4.72. The monoisotopic (exact) mass is 295 g/mol. The van der Waals surface area contributed by atoms with E-state index in [0.717, 1.165) is 5.69 Å². The van der Waals surface area contributed by atoms with Crippen molar-refractivity contribution in [3.63, 3.8) is 0 Å². The first kappa shape index (κ1) is 12.3. The maximum Gasteiger partial charge on any atom is 0.163 e. The number of anilines is 2. The van der Waals surface area contributed by atoms with Crippen LogP contribution in [0.15, 0.2) is 36.4 Å². The van der Waals surface area contributed by atoms with E-state index in [-0.39, 0.29) is 0 Å². The lowest BCUT2D eigenvalue weighted by molar-refractivity contribution is 0.640. The van der Waals surface area contributed by atoms with Crippen molar-refractivity contribution in [3.05, 3.63) is 52.3 Å². The lowest BCUT2D eigenvalue weighted by atomic mass is 10.2. The highest BCUT2D eigenvalue weighted by Gasteiger charge is 2.13. The highest BCUT2D eigenvalue weighted by atomic mass is 35.5. The normalized spacial score (nSPS) is 10.9. The molecule has 2 aromatic carbocycles. The van der Waals surface area contributed by atoms with E-state index in [1.165, 1.54) is 12.1 Å². The molecule has 3 aromatic rings. The van der Waals surface area contributed by atoms with Crippen LogP contribution < -0.4 is 5.32 Å². The summed E-state index contributed by atoms with van der Waals surface area (Å²) in [5, 5.41) is 11.1. The molecule has 0 aliphatic carbocycles. The molecule has 3 rings (SSSR count). The largest absolute Gasteiger partial charge is 0.338 e. The molecule has 3 nitrogen and oxygen atoms in total. The molecule has 0 bridgehead atoms. The van der Waals surface area contributed by atoms with Crippen molar-refractivity contribution in [3.8, 4) is 0 Å². The number of H-pyrrole nitrogens is 1. The van der Waals surface area contributed by atoms with Crippen LogP contribution in [0.1, 0.15) is 0 Å². The SMILES string of the molecule is Fc1ccc(Cl)c2[nH]nc(Nc3cccc(Cl)c3)c12. The van der Waals surface area contributed by atoms with Gasteiger partial charge in [0.1, 0.15) is 5.82 Å². The Labute approximate surface area is 118 Å². The van der Waals surface area contributed by atoms with Gasteiger partial charge in [-0.25, -0.2) is 4.39 Å². The summed E-state index contributed by atoms with van der Waals surface area (Å²) in [6.45, 7) is 0. The molecule has 0 aliphatic heterocycles. The number of halogens is 3. The number of aromatic nitrogens is 2. The Morgan fingerprint density at radius 1 is 1.16 bits per heavy atom. The van der Waals surface area contributed by atoms with Gasteiger partial charge in [0.25, 0.3) is 0 Å². The highest BCUT2D eigenvalue weighted by Crippen LogP contribution is 2.31. The van der Waals surface area contributed by atoms with Gasteiger partial charge in [-0.1, -0.05) is 29.3 Å². The van der Waals surface area contributed by atoms with E-state index in [0.29, 0.717) is 26.8 Å². The number of aromatic amines is 1. The summed E-state index contributed by atoms with van der Waals surface area (Å²) in [4.78, 5) is 0. The highest BCUT2D eigenvalue weighted by molar-refractivity contribution is 6.35. The summed E-state index contributed by atoms with van der Waals surface area (Å²) in [5.41, 5.74) is 1.19. The fourth-order valence-corrected chi connectivity index (χ4v) is 2.24. The number of hydrogen-bond donors (Lipinski definition) is 2. The van der Waals surface area contributed by atoms with Gasteiger partial charge in [0.05, 0.1) is 15.9 Å². The molecule has 0 saturated carbocycles. The average Bonchev–Trinajstić information content (AvgIpc) is 2.79. The number of nitrogens with one attached hydrogen (secondary N) is 2. The van der Waals surface area contributed by atoms with E-state index in [1.54, 1.807) is 18.2 Å². The number of rotatable bonds is 2. The summed E-state index contributed by atoms with van der Waals surface area (Å²) < 4.78 is 13.9. The van der Waals surface area contributed by atoms with Gasteiger partial charge in [0.2, 0.25) is 0 Å². The van der Waals surface area contributed by atoms with Gasteiger partial charge in [-0.15, -0.1) is 0 Å². The van der Waals surface area contributed by atoms with Gasteiger partial charge in [-0.3, -0.25) is 5.10 Å². The Morgan fingerprint density at radius 3 is 2.79 bits per heavy atom. The van der Waals surface area contributed by atoms with Crippen molar-refractivity contribution < 1.29 is 4.39 Å². The number of benzene rings is 2. The first-order valence-corrected chi connectivity index (χ1v) is 6.25. The van der Waals surface area contributed by atoms with Crippen LogP contribution in [-0.4, -0.2) is 10.2 Å². The quantitative estimate of drug-likeness (QED) is 0.716. The fourth-order valence-electron chi connectivity index (χ4n) is 1.85. The first-order valence-electron chi connectivity index (χ1n) is 5.50. The zero-order chi connectivity index (χ0) is 13.4. The van der Waals surface area contributed by atoms with Gasteiger partial charge < -0.3 is 5.32 Å². The van der Waals surface area contributed by atoms with Crippen molar-refractivity contribution in [1.82, 2.24) is 10.2 Å². The number of hydrogen-bond acceptors (Lipinski definition) is 2. The van der Waals surface area contributed by atoms with Crippen molar-refractivity contribution >= 4 is 45.6 Å². The third-order valence-corrected chi connectivity index (χ3v) is 3.26. The van der Waals surface area contributed by atoms with Crippen LogP contribution in [0.3, 0.4) is 0 Å². The van der Waals surface area contributed by atoms with Gasteiger partial charge in [-0.2, -0.15) is 5.10 Å². The molecular weight excluding hydrogens is 288 g/mol. The first-order chi connectivity index (χ1) is 9.15. The summed E-state index contributed by atoms with van der Waals surface area (Å²) >= 11 is 11.9. The molecule has 0 atom stereocenters. The molecule has 0 unspecified atom stereocenters. The van der Waals surface area contributed by atoms with Gasteiger partial charge in [0.15, 0.2) is 5.82 Å². The van der Waals surface area contributed by atoms with E-state index < -0.39 is 5.82 Å². The van der Waals surface area contributed by atoms with Crippen LogP contribution in [0.4, 0.5) is 15.9 Å². The van der Waals surface area contributed by atoms with E-state index in [4.69, 9.17) is 23.2 Å². The molecule has 0 radical (unpaired) electrons. The third kappa shape index (κ3) is 2.25. The minimum Gasteiger partial charge on any atom is -0.338 e. The summed E-state index contributed by atoms with van der Waals surface area (Å²) in [6, 6.07) is 9.89. The van der Waals surface area contributed by atoms with Crippen molar-refractivity contribution in [2.75, 3.05) is 5.32 Å². The lowest BCUT2D eigenvalue weighted by Crippen LogP contribution is -1.91. The zero-order valence-corrected chi connectivity index (χ0v) is 11.1. The second-order valence-corrected chi connectivity index (χ2v) is 4.83. The molecule has 96 valence electrons. The third-order valence-electron chi connectivity index (χ3n) is 2.71. The minimum absolute atomic E-state index is 0.326. The standard InChI is InChI=1S/C13H8Cl2FN3/c14-7-2-1-3-8(6-7)17-13-11-10(16)5-4-9(15)12(11)18-19-13/h1-6H,(H2,17,18,19). The average molecular weight is 296 g/mol. The molecule has 0 spiro atoms. The van der Waals surface area contributed by atoms with E-state index >= 15 is 0 Å². The molecule has 0 amide bonds. The molecule has 1 aromatic heterocycles. The molecule has 2 N–H and O–H groups in total. The maximum atomic E-state index is 13.9. The summed E-state index contributed by atoms with van der Waals surface area (Å²) in [6.07, 6.45) is 0. The van der Waals surface area contributed by atoms with Crippen LogP contribution >= 0.6 is 23.2 Å². The topological polar surface area (TPSA) is 40.7 Å². The van der Waals surface area contributed by atoms with Gasteiger partial charge in [-0.05, 0) is 30.3 Å². The predicted octanol–water partition coefficient (Wildman–Crippen LogP) is 4.75. The number of nitrogens with zero attached hydrogens (tertiary/aromatic N) is 1. The van der Waals surface area contributed by atoms with Gasteiger partial charge in [0, 0.05) is 10.7 Å². The van der Waals surface area contributed by atoms with E-state index in [2.05, 4.69) is 15.5 Å². The Morgan fingerprint density at radius 2 is 2.00 bits per heavy atom. The van der Waals surface area contributed by atoms with Crippen LogP contribution in [0.2, 0.25) is 10.0 Å². The molecule has 19 heavy (non-hydrogen) atoms. The molecule has 6 heteroatoms. The van der Waals surface area contributed by atoms with E-state index in [9.17, 15) is 4.39 Å². The van der Waals surface area contributed by atoms with Crippen LogP contribution in [0.25, 0.3) is 10.9 Å². The molecular formula is C13H8Cl2FN3. The van der Waals surface area contributed by atoms with Gasteiger partial charge >= 0.3 is 0 Å². The van der Waals surface area contributed by atoms with Crippen LogP contribution in [0.5, 0.6) is 0 Å². The summed E-state index contributed by atoms with van der Waals surface area (Å²) in [7, 11) is 0. The molecule has 0 aliphatic rings. The maximum absolute atomic E-state index is 13.9. The van der Waals surface area contributed by atoms with Crippen LogP contribution in [-0.2, 0) is 0 Å². The van der Waals surface area contributed by atoms with Crippen LogP contribution in [0, 0.1) is 5.82 Å². The zero-order valence-electron chi connectivity index (χ0n) is 9.55. The minimum atomic E-state index is -0.391. The Hall–Kier alpha value is -1.78. The number of fused-ring (bicyclic) bond motifs is 1. The smallest absolute Gasteiger partial charge is 0.163 e. The Balaban J connectivity index is 2.09. The molecule has 0 fully saturated rings. The van der Waals surface area contributed by atoms with Crippen molar-refractivity contribution in [2.24, 2.45) is 0 Å². The van der Waals surface area contributed by atoms with Crippen molar-refractivity contribution in [1.29, 1.82) is 0 Å². The van der Waals surface area contributed by atoms with Crippen molar-refractivity contribution in [2.45, 2.75) is 0 Å². The lowest BCUT2D eigenvalue weighted by Gasteiger charge is -2.04. The predicted molar refractivity (Wildman–Crippen MR) is 75.8 cm³/mol. The van der Waals surface area contributed by atoms with E-state index in [1.807, 2.05) is 6.07 Å². The summed E-state index contributed by atoms with van der Waals surface area (Å²) in [5.74, 6) is -0.0186. The second-order valence-electron chi connectivity index (χ2n) is 3.99. The fraction of sp³-hybridized carbons (Fsp3) is 0. The Kier molecular flexibility index (Phi) is 3.05. The molecule has 1 heterocycles. The molecule has 0 saturated heterocycles.